The van der Waals surface area contributed by atoms with Crippen molar-refractivity contribution in [2.24, 2.45) is 0 Å². The number of benzene rings is 2. The molecule has 3 aromatic rings. The number of fused-ring (bicyclic) bond motifs is 1. The van der Waals surface area contributed by atoms with Gasteiger partial charge in [-0.2, -0.15) is 0 Å². The fourth-order valence-corrected chi connectivity index (χ4v) is 3.60. The van der Waals surface area contributed by atoms with Gasteiger partial charge in [-0.25, -0.2) is 4.98 Å². The molecule has 0 bridgehead atoms. The summed E-state index contributed by atoms with van der Waals surface area (Å²) in [5, 5.41) is 0.993. The van der Waals surface area contributed by atoms with Crippen LogP contribution in [-0.4, -0.2) is 22.9 Å². The van der Waals surface area contributed by atoms with Crippen LogP contribution in [0.4, 0.5) is 0 Å². The largest absolute Gasteiger partial charge is 0.495 e. The number of carbonyl (C=O) groups is 1. The van der Waals surface area contributed by atoms with Crippen LogP contribution in [0.15, 0.2) is 54.7 Å². The molecule has 1 aliphatic rings. The first kappa shape index (κ1) is 19.3. The van der Waals surface area contributed by atoms with Crippen LogP contribution in [0.5, 0.6) is 5.75 Å². The van der Waals surface area contributed by atoms with Gasteiger partial charge in [0.2, 0.25) is 0 Å². The number of rotatable bonds is 2. The number of methoxy groups -OCH3 is 1. The Balaban J connectivity index is 1.61. The van der Waals surface area contributed by atoms with E-state index in [9.17, 15) is 4.79 Å². The van der Waals surface area contributed by atoms with E-state index >= 15 is 0 Å². The second kappa shape index (κ2) is 8.16. The van der Waals surface area contributed by atoms with Crippen molar-refractivity contribution in [2.75, 3.05) is 7.11 Å². The van der Waals surface area contributed by atoms with Crippen LogP contribution in [0.1, 0.15) is 32.7 Å². The highest BCUT2D eigenvalue weighted by molar-refractivity contribution is 6.42. The average Bonchev–Trinajstić information content (AvgIpc) is 3.15. The second-order valence-corrected chi connectivity index (χ2v) is 7.39. The van der Waals surface area contributed by atoms with Gasteiger partial charge in [0.15, 0.2) is 0 Å². The molecule has 144 valence electrons. The van der Waals surface area contributed by atoms with Crippen molar-refractivity contribution < 1.29 is 9.53 Å². The van der Waals surface area contributed by atoms with E-state index in [4.69, 9.17) is 27.9 Å². The lowest BCUT2D eigenvalue weighted by molar-refractivity contribution is 0.0751. The van der Waals surface area contributed by atoms with Crippen LogP contribution in [0, 0.1) is 11.8 Å². The third-order valence-corrected chi connectivity index (χ3v) is 5.41. The van der Waals surface area contributed by atoms with Gasteiger partial charge in [0.1, 0.15) is 11.4 Å². The van der Waals surface area contributed by atoms with E-state index in [1.807, 2.05) is 30.3 Å². The molecule has 4 nitrogen and oxygen atoms in total. The molecule has 1 aliphatic heterocycles. The van der Waals surface area contributed by atoms with Gasteiger partial charge in [-0.15, -0.1) is 0 Å². The zero-order chi connectivity index (χ0) is 20.4. The Morgan fingerprint density at radius 1 is 1.03 bits per heavy atom. The Hall–Kier alpha value is -3.00. The van der Waals surface area contributed by atoms with Crippen LogP contribution in [0.3, 0.4) is 0 Å². The van der Waals surface area contributed by atoms with E-state index in [-0.39, 0.29) is 5.91 Å². The number of hydrogen-bond acceptors (Lipinski definition) is 3. The molecule has 0 aliphatic carbocycles. The smallest absolute Gasteiger partial charge is 0.254 e. The maximum absolute atomic E-state index is 13.1. The first-order valence-electron chi connectivity index (χ1n) is 8.92. The third kappa shape index (κ3) is 4.07. The van der Waals surface area contributed by atoms with Gasteiger partial charge in [0.25, 0.3) is 5.91 Å². The summed E-state index contributed by atoms with van der Waals surface area (Å²) in [4.78, 5) is 19.0. The van der Waals surface area contributed by atoms with Crippen LogP contribution < -0.4 is 4.74 Å². The molecule has 0 saturated carbocycles. The van der Waals surface area contributed by atoms with Crippen molar-refractivity contribution in [1.29, 1.82) is 0 Å². The highest BCUT2D eigenvalue weighted by Gasteiger charge is 2.25. The number of aromatic nitrogens is 1. The summed E-state index contributed by atoms with van der Waals surface area (Å²) in [6.45, 7) is 0.984. The molecule has 29 heavy (non-hydrogen) atoms. The fraction of sp³-hybridized carbons (Fsp3) is 0.130. The van der Waals surface area contributed by atoms with Crippen LogP contribution in [0.2, 0.25) is 10.0 Å². The zero-order valence-electron chi connectivity index (χ0n) is 15.6. The van der Waals surface area contributed by atoms with Crippen molar-refractivity contribution in [2.45, 2.75) is 13.1 Å². The number of amides is 1. The molecule has 2 heterocycles. The second-order valence-electron chi connectivity index (χ2n) is 6.58. The highest BCUT2D eigenvalue weighted by atomic mass is 35.5. The monoisotopic (exact) mass is 422 g/mol. The van der Waals surface area contributed by atoms with Crippen molar-refractivity contribution in [3.05, 3.63) is 92.7 Å². The number of nitrogens with zero attached hydrogens (tertiary/aromatic N) is 2. The molecular formula is C23H16Cl2N2O2. The predicted octanol–water partition coefficient (Wildman–Crippen LogP) is 4.95. The minimum atomic E-state index is -0.0861. The van der Waals surface area contributed by atoms with Crippen molar-refractivity contribution in [3.63, 3.8) is 0 Å². The van der Waals surface area contributed by atoms with E-state index in [1.54, 1.807) is 36.4 Å². The number of hydrogen-bond donors (Lipinski definition) is 0. The molecule has 4 rings (SSSR count). The highest BCUT2D eigenvalue weighted by Crippen LogP contribution is 2.32. The molecule has 0 radical (unpaired) electrons. The zero-order valence-corrected chi connectivity index (χ0v) is 17.1. The van der Waals surface area contributed by atoms with Gasteiger partial charge in [-0.05, 0) is 59.5 Å². The van der Waals surface area contributed by atoms with Crippen molar-refractivity contribution >= 4 is 29.1 Å². The fourth-order valence-electron chi connectivity index (χ4n) is 3.22. The molecule has 2 aromatic carbocycles. The molecule has 0 N–H and O–H groups in total. The Morgan fingerprint density at radius 2 is 1.76 bits per heavy atom. The normalized spacial score (nSPS) is 12.2. The standard InChI is InChI=1S/C23H16Cl2N2O2/c1-29-22-8-6-16(10-15(22)5-7-19-4-2-3-9-26-19)23(28)27-13-17-11-20(24)21(25)12-18(17)14-27/h2-4,6,8-12H,13-14H2,1H3. The molecule has 0 spiro atoms. The summed E-state index contributed by atoms with van der Waals surface area (Å²) in [5.74, 6) is 6.58. The summed E-state index contributed by atoms with van der Waals surface area (Å²) >= 11 is 12.2. The van der Waals surface area contributed by atoms with Crippen LogP contribution in [-0.2, 0) is 13.1 Å². The lowest BCUT2D eigenvalue weighted by atomic mass is 10.1. The lowest BCUT2D eigenvalue weighted by Gasteiger charge is -2.16. The third-order valence-electron chi connectivity index (χ3n) is 4.69. The maximum atomic E-state index is 13.1. The number of halogens is 2. The van der Waals surface area contributed by atoms with Gasteiger partial charge in [0.05, 0.1) is 22.7 Å². The minimum absolute atomic E-state index is 0.0861. The van der Waals surface area contributed by atoms with Crippen LogP contribution >= 0.6 is 23.2 Å². The number of carbonyl (C=O) groups excluding carboxylic acids is 1. The summed E-state index contributed by atoms with van der Waals surface area (Å²) in [6.07, 6.45) is 1.69. The van der Waals surface area contributed by atoms with Crippen molar-refractivity contribution in [3.8, 4) is 17.6 Å². The van der Waals surface area contributed by atoms with Crippen molar-refractivity contribution in [1.82, 2.24) is 9.88 Å². The molecule has 0 fully saturated rings. The summed E-state index contributed by atoms with van der Waals surface area (Å²) in [5.41, 5.74) is 3.84. The van der Waals surface area contributed by atoms with E-state index in [2.05, 4.69) is 16.8 Å². The molecular weight excluding hydrogens is 407 g/mol. The van der Waals surface area contributed by atoms with Crippen LogP contribution in [0.25, 0.3) is 0 Å². The van der Waals surface area contributed by atoms with E-state index < -0.39 is 0 Å². The Kier molecular flexibility index (Phi) is 5.44. The predicted molar refractivity (Wildman–Crippen MR) is 113 cm³/mol. The lowest BCUT2D eigenvalue weighted by Crippen LogP contribution is -2.25. The van der Waals surface area contributed by atoms with E-state index in [1.165, 1.54) is 0 Å². The van der Waals surface area contributed by atoms with Gasteiger partial charge in [-0.1, -0.05) is 35.2 Å². The first-order valence-corrected chi connectivity index (χ1v) is 9.68. The summed E-state index contributed by atoms with van der Waals surface area (Å²) in [6, 6.07) is 14.4. The topological polar surface area (TPSA) is 42.4 Å². The number of ether oxygens (including phenoxy) is 1. The molecule has 1 amide bonds. The quantitative estimate of drug-likeness (QED) is 0.548. The van der Waals surface area contributed by atoms with Gasteiger partial charge >= 0.3 is 0 Å². The molecule has 0 saturated heterocycles. The maximum Gasteiger partial charge on any atom is 0.254 e. The minimum Gasteiger partial charge on any atom is -0.495 e. The van der Waals surface area contributed by atoms with Gasteiger partial charge in [0, 0.05) is 24.8 Å². The van der Waals surface area contributed by atoms with E-state index in [0.29, 0.717) is 45.7 Å². The van der Waals surface area contributed by atoms with Gasteiger partial charge < -0.3 is 9.64 Å². The SMILES string of the molecule is COc1ccc(C(=O)N2Cc3cc(Cl)c(Cl)cc3C2)cc1C#Cc1ccccn1. The molecule has 0 atom stereocenters. The molecule has 6 heteroatoms. The summed E-state index contributed by atoms with van der Waals surface area (Å²) < 4.78 is 5.39. The number of pyridine rings is 1. The molecule has 0 unspecified atom stereocenters. The first-order chi connectivity index (χ1) is 14.0. The Bertz CT molecular complexity index is 1120. The van der Waals surface area contributed by atoms with Gasteiger partial charge in [-0.3, -0.25) is 4.79 Å². The Labute approximate surface area is 179 Å². The van der Waals surface area contributed by atoms with E-state index in [0.717, 1.165) is 11.1 Å². The Morgan fingerprint density at radius 3 is 2.38 bits per heavy atom. The average molecular weight is 423 g/mol. The molecule has 1 aromatic heterocycles. The summed E-state index contributed by atoms with van der Waals surface area (Å²) in [7, 11) is 1.58.